The van der Waals surface area contributed by atoms with Crippen LogP contribution in [-0.2, 0) is 0 Å². The summed E-state index contributed by atoms with van der Waals surface area (Å²) in [5, 5.41) is 1.94. The maximum atomic E-state index is 6.17. The van der Waals surface area contributed by atoms with Crippen LogP contribution >= 0.6 is 0 Å². The lowest BCUT2D eigenvalue weighted by molar-refractivity contribution is 0.653. The molecule has 0 saturated carbocycles. The van der Waals surface area contributed by atoms with Gasteiger partial charge in [0.05, 0.1) is 0 Å². The summed E-state index contributed by atoms with van der Waals surface area (Å²) in [4.78, 5) is 23.9. The molecule has 0 atom stereocenters. The van der Waals surface area contributed by atoms with Gasteiger partial charge in [-0.05, 0) is 41.5 Å². The van der Waals surface area contributed by atoms with E-state index < -0.39 is 0 Å². The molecule has 6 nitrogen and oxygen atoms in total. The molecule has 0 aliphatic rings. The normalized spacial score (nSPS) is 11.3. The molecule has 4 aromatic carbocycles. The fraction of sp³-hybridized carbons (Fsp3) is 0. The van der Waals surface area contributed by atoms with Gasteiger partial charge in [0.1, 0.15) is 5.69 Å². The number of hydrogen-bond donors (Lipinski definition) is 0. The Morgan fingerprint density at radius 2 is 0.977 bits per heavy atom. The summed E-state index contributed by atoms with van der Waals surface area (Å²) in [5.41, 5.74) is 7.86. The molecule has 0 radical (unpaired) electrons. The first-order valence-corrected chi connectivity index (χ1v) is 14.0. The van der Waals surface area contributed by atoms with Crippen molar-refractivity contribution in [3.8, 4) is 56.5 Å². The van der Waals surface area contributed by atoms with Gasteiger partial charge in [0.2, 0.25) is 5.71 Å². The summed E-state index contributed by atoms with van der Waals surface area (Å²) < 4.78 is 6.17. The second kappa shape index (κ2) is 10.4. The van der Waals surface area contributed by atoms with Gasteiger partial charge in [0.15, 0.2) is 23.1 Å². The highest BCUT2D eigenvalue weighted by Gasteiger charge is 2.17. The van der Waals surface area contributed by atoms with Crippen LogP contribution in [0, 0.1) is 0 Å². The molecule has 0 N–H and O–H groups in total. The molecule has 0 aliphatic heterocycles. The molecule has 0 spiro atoms. The van der Waals surface area contributed by atoms with Crippen molar-refractivity contribution in [1.82, 2.24) is 24.9 Å². The fourth-order valence-corrected chi connectivity index (χ4v) is 5.37. The van der Waals surface area contributed by atoms with E-state index in [9.17, 15) is 0 Å². The quantitative estimate of drug-likeness (QED) is 0.212. The summed E-state index contributed by atoms with van der Waals surface area (Å²) in [6.07, 6.45) is 3.54. The van der Waals surface area contributed by atoms with Crippen molar-refractivity contribution in [2.75, 3.05) is 0 Å². The van der Waals surface area contributed by atoms with Gasteiger partial charge in [-0.3, -0.25) is 4.98 Å². The molecule has 0 aliphatic carbocycles. The lowest BCUT2D eigenvalue weighted by atomic mass is 10.0. The molecular formula is C37H23N5O. The molecule has 8 aromatic rings. The van der Waals surface area contributed by atoms with E-state index >= 15 is 0 Å². The highest BCUT2D eigenvalue weighted by atomic mass is 16.3. The smallest absolute Gasteiger partial charge is 0.227 e. The Kier molecular flexibility index (Phi) is 6.01. The molecule has 6 heteroatoms. The topological polar surface area (TPSA) is 77.6 Å². The third-order valence-electron chi connectivity index (χ3n) is 7.45. The van der Waals surface area contributed by atoms with E-state index in [1.54, 1.807) is 12.4 Å². The average molecular weight is 554 g/mol. The number of rotatable bonds is 5. The first kappa shape index (κ1) is 24.8. The minimum absolute atomic E-state index is 0.578. The third-order valence-corrected chi connectivity index (χ3v) is 7.45. The van der Waals surface area contributed by atoms with Crippen LogP contribution in [0.5, 0.6) is 0 Å². The number of fused-ring (bicyclic) bond motifs is 3. The van der Waals surface area contributed by atoms with E-state index in [1.807, 2.05) is 97.1 Å². The minimum Gasteiger partial charge on any atom is -0.435 e. The maximum absolute atomic E-state index is 6.17. The van der Waals surface area contributed by atoms with E-state index in [-0.39, 0.29) is 0 Å². The molecule has 0 saturated heterocycles. The standard InChI is InChI=1S/C37H23N5O/c1-3-10-24(11-4-1)26-14-7-16-28(22-26)35-40-34(25-12-5-2-6-13-25)41-36(42-35)29-17-8-15-27(23-29)32-33-30(19-21-38-32)31-18-9-20-39-37(31)43-33/h1-23H. The van der Waals surface area contributed by atoms with Gasteiger partial charge >= 0.3 is 0 Å². The summed E-state index contributed by atoms with van der Waals surface area (Å²) in [7, 11) is 0. The van der Waals surface area contributed by atoms with E-state index in [0.29, 0.717) is 28.8 Å². The molecule has 202 valence electrons. The second-order valence-electron chi connectivity index (χ2n) is 10.2. The number of furan rings is 1. The molecule has 0 unspecified atom stereocenters. The van der Waals surface area contributed by atoms with Crippen molar-refractivity contribution in [3.63, 3.8) is 0 Å². The summed E-state index contributed by atoms with van der Waals surface area (Å²) in [5.74, 6) is 1.80. The molecule has 8 rings (SSSR count). The van der Waals surface area contributed by atoms with E-state index in [2.05, 4.69) is 35.3 Å². The number of pyridine rings is 2. The van der Waals surface area contributed by atoms with Crippen LogP contribution in [0.3, 0.4) is 0 Å². The van der Waals surface area contributed by atoms with Crippen molar-refractivity contribution in [1.29, 1.82) is 0 Å². The fourth-order valence-electron chi connectivity index (χ4n) is 5.37. The first-order valence-electron chi connectivity index (χ1n) is 14.0. The van der Waals surface area contributed by atoms with Crippen LogP contribution in [0.4, 0.5) is 0 Å². The van der Waals surface area contributed by atoms with E-state index in [0.717, 1.165) is 49.8 Å². The van der Waals surface area contributed by atoms with E-state index in [4.69, 9.17) is 24.4 Å². The zero-order valence-corrected chi connectivity index (χ0v) is 22.9. The number of hydrogen-bond acceptors (Lipinski definition) is 6. The first-order chi connectivity index (χ1) is 21.3. The van der Waals surface area contributed by atoms with Crippen molar-refractivity contribution in [2.24, 2.45) is 0 Å². The Balaban J connectivity index is 1.28. The highest BCUT2D eigenvalue weighted by Crippen LogP contribution is 2.35. The Morgan fingerprint density at radius 1 is 0.395 bits per heavy atom. The van der Waals surface area contributed by atoms with Gasteiger partial charge in [-0.1, -0.05) is 97.1 Å². The zero-order valence-electron chi connectivity index (χ0n) is 22.9. The van der Waals surface area contributed by atoms with Crippen LogP contribution < -0.4 is 0 Å². The molecule has 4 aromatic heterocycles. The highest BCUT2D eigenvalue weighted by molar-refractivity contribution is 6.07. The maximum Gasteiger partial charge on any atom is 0.227 e. The van der Waals surface area contributed by atoms with Crippen LogP contribution in [0.1, 0.15) is 0 Å². The Labute approximate surface area is 247 Å². The molecule has 0 bridgehead atoms. The van der Waals surface area contributed by atoms with Crippen LogP contribution in [0.15, 0.2) is 144 Å². The summed E-state index contributed by atoms with van der Waals surface area (Å²) >= 11 is 0. The predicted octanol–water partition coefficient (Wildman–Crippen LogP) is 8.90. The van der Waals surface area contributed by atoms with Crippen molar-refractivity contribution < 1.29 is 4.42 Å². The molecular weight excluding hydrogens is 530 g/mol. The minimum atomic E-state index is 0.578. The van der Waals surface area contributed by atoms with Crippen LogP contribution in [-0.4, -0.2) is 24.9 Å². The average Bonchev–Trinajstić information content (AvgIpc) is 3.48. The number of aromatic nitrogens is 5. The SMILES string of the molecule is c1ccc(-c2cccc(-c3nc(-c4ccccc4)nc(-c4cccc(-c5nccc6c5oc5ncccc56)c4)n3)c2)cc1. The Hall–Kier alpha value is -6.01. The Bertz CT molecular complexity index is 2240. The monoisotopic (exact) mass is 553 g/mol. The molecule has 0 fully saturated rings. The molecule has 43 heavy (non-hydrogen) atoms. The molecule has 4 heterocycles. The lowest BCUT2D eigenvalue weighted by Crippen LogP contribution is -2.00. The zero-order chi connectivity index (χ0) is 28.6. The lowest BCUT2D eigenvalue weighted by Gasteiger charge is -2.10. The van der Waals surface area contributed by atoms with Crippen molar-refractivity contribution >= 4 is 22.1 Å². The third kappa shape index (κ3) is 4.61. The van der Waals surface area contributed by atoms with E-state index in [1.165, 1.54) is 0 Å². The number of nitrogens with zero attached hydrogens (tertiary/aromatic N) is 5. The van der Waals surface area contributed by atoms with Crippen LogP contribution in [0.2, 0.25) is 0 Å². The predicted molar refractivity (Wildman–Crippen MR) is 170 cm³/mol. The van der Waals surface area contributed by atoms with Crippen molar-refractivity contribution in [2.45, 2.75) is 0 Å². The second-order valence-corrected chi connectivity index (χ2v) is 10.2. The summed E-state index contributed by atoms with van der Waals surface area (Å²) in [6, 6.07) is 42.6. The van der Waals surface area contributed by atoms with Gasteiger partial charge in [0, 0.05) is 45.4 Å². The molecule has 0 amide bonds. The van der Waals surface area contributed by atoms with Crippen LogP contribution in [0.25, 0.3) is 78.6 Å². The van der Waals surface area contributed by atoms with Gasteiger partial charge in [-0.2, -0.15) is 0 Å². The Morgan fingerprint density at radius 3 is 1.70 bits per heavy atom. The van der Waals surface area contributed by atoms with Gasteiger partial charge in [0.25, 0.3) is 0 Å². The van der Waals surface area contributed by atoms with Crippen molar-refractivity contribution in [3.05, 3.63) is 140 Å². The number of benzene rings is 4. The van der Waals surface area contributed by atoms with Gasteiger partial charge < -0.3 is 4.42 Å². The van der Waals surface area contributed by atoms with Gasteiger partial charge in [-0.15, -0.1) is 0 Å². The largest absolute Gasteiger partial charge is 0.435 e. The van der Waals surface area contributed by atoms with Gasteiger partial charge in [-0.25, -0.2) is 19.9 Å². The summed E-state index contributed by atoms with van der Waals surface area (Å²) in [6.45, 7) is 0.